The fraction of sp³-hybridized carbons (Fsp3) is 0.263. The maximum atomic E-state index is 12.6. The number of nitrogens with one attached hydrogen (secondary N) is 1. The number of carbonyl (C=O) groups excluding carboxylic acids is 2. The SMILES string of the molecule is Cl.Nc1ccccc1NC(=O)C1CCCN(C(=O)c2ccc(Cl)cc2)C1. The molecule has 0 bridgehead atoms. The first-order valence-electron chi connectivity index (χ1n) is 8.25. The Morgan fingerprint density at radius 1 is 1.12 bits per heavy atom. The van der Waals surface area contributed by atoms with Gasteiger partial charge in [-0.1, -0.05) is 23.7 Å². The van der Waals surface area contributed by atoms with E-state index >= 15 is 0 Å². The third kappa shape index (κ3) is 4.68. The maximum absolute atomic E-state index is 12.6. The summed E-state index contributed by atoms with van der Waals surface area (Å²) in [6, 6.07) is 14.0. The number of nitrogens with zero attached hydrogens (tertiary/aromatic N) is 1. The number of carbonyl (C=O) groups is 2. The number of anilines is 2. The van der Waals surface area contributed by atoms with Crippen LogP contribution in [-0.2, 0) is 4.79 Å². The Bertz CT molecular complexity index is 781. The van der Waals surface area contributed by atoms with Crippen molar-refractivity contribution in [3.05, 3.63) is 59.1 Å². The first kappa shape index (κ1) is 20.1. The Labute approximate surface area is 163 Å². The number of likely N-dealkylation sites (tertiary alicyclic amines) is 1. The number of nitrogens with two attached hydrogens (primary N) is 1. The zero-order chi connectivity index (χ0) is 17.8. The van der Waals surface area contributed by atoms with E-state index in [2.05, 4.69) is 5.32 Å². The molecule has 5 nitrogen and oxygen atoms in total. The Morgan fingerprint density at radius 2 is 1.81 bits per heavy atom. The van der Waals surface area contributed by atoms with Crippen molar-refractivity contribution in [3.63, 3.8) is 0 Å². The third-order valence-electron chi connectivity index (χ3n) is 4.39. The Balaban J connectivity index is 0.00000243. The number of amides is 2. The van der Waals surface area contributed by atoms with Crippen molar-refractivity contribution >= 4 is 47.2 Å². The zero-order valence-electron chi connectivity index (χ0n) is 14.2. The molecule has 2 aromatic carbocycles. The van der Waals surface area contributed by atoms with E-state index in [-0.39, 0.29) is 30.1 Å². The summed E-state index contributed by atoms with van der Waals surface area (Å²) < 4.78 is 0. The van der Waals surface area contributed by atoms with Crippen LogP contribution >= 0.6 is 24.0 Å². The third-order valence-corrected chi connectivity index (χ3v) is 4.64. The van der Waals surface area contributed by atoms with Crippen molar-refractivity contribution in [3.8, 4) is 0 Å². The van der Waals surface area contributed by atoms with Crippen molar-refractivity contribution in [2.75, 3.05) is 24.1 Å². The number of nitrogen functional groups attached to an aromatic ring is 1. The van der Waals surface area contributed by atoms with Gasteiger partial charge in [-0.25, -0.2) is 0 Å². The Hall–Kier alpha value is -2.24. The molecule has 1 aliphatic heterocycles. The van der Waals surface area contributed by atoms with E-state index in [1.807, 2.05) is 12.1 Å². The summed E-state index contributed by atoms with van der Waals surface area (Å²) in [5.41, 5.74) is 7.59. The summed E-state index contributed by atoms with van der Waals surface area (Å²) in [5, 5.41) is 3.46. The predicted octanol–water partition coefficient (Wildman–Crippen LogP) is 3.83. The second-order valence-electron chi connectivity index (χ2n) is 6.17. The average molecular weight is 394 g/mol. The first-order valence-corrected chi connectivity index (χ1v) is 8.62. The van der Waals surface area contributed by atoms with E-state index in [0.717, 1.165) is 12.8 Å². The summed E-state index contributed by atoms with van der Waals surface area (Å²) in [5.74, 6) is -0.426. The van der Waals surface area contributed by atoms with Crippen LogP contribution in [0.1, 0.15) is 23.2 Å². The fourth-order valence-electron chi connectivity index (χ4n) is 3.00. The summed E-state index contributed by atoms with van der Waals surface area (Å²) in [6.45, 7) is 1.05. The molecule has 2 aromatic rings. The average Bonchev–Trinajstić information content (AvgIpc) is 2.64. The molecular weight excluding hydrogens is 373 g/mol. The lowest BCUT2D eigenvalue weighted by atomic mass is 9.96. The van der Waals surface area contributed by atoms with Gasteiger partial charge >= 0.3 is 0 Å². The quantitative estimate of drug-likeness (QED) is 0.777. The van der Waals surface area contributed by atoms with Gasteiger partial charge in [-0.15, -0.1) is 12.4 Å². The molecule has 0 aromatic heterocycles. The first-order chi connectivity index (χ1) is 12.0. The summed E-state index contributed by atoms with van der Waals surface area (Å²) in [4.78, 5) is 26.9. The van der Waals surface area contributed by atoms with Crippen LogP contribution in [0.5, 0.6) is 0 Å². The molecule has 7 heteroatoms. The molecule has 1 atom stereocenters. The summed E-state index contributed by atoms with van der Waals surface area (Å²) in [6.07, 6.45) is 1.55. The van der Waals surface area contributed by atoms with Gasteiger partial charge in [-0.05, 0) is 49.2 Å². The van der Waals surface area contributed by atoms with Crippen LogP contribution < -0.4 is 11.1 Å². The number of para-hydroxylation sites is 2. The minimum atomic E-state index is -0.246. The second kappa shape index (κ2) is 8.92. The van der Waals surface area contributed by atoms with Gasteiger partial charge in [0.2, 0.25) is 5.91 Å². The van der Waals surface area contributed by atoms with Crippen molar-refractivity contribution in [1.29, 1.82) is 0 Å². The van der Waals surface area contributed by atoms with E-state index in [4.69, 9.17) is 17.3 Å². The largest absolute Gasteiger partial charge is 0.397 e. The number of benzene rings is 2. The van der Waals surface area contributed by atoms with Gasteiger partial charge in [0.15, 0.2) is 0 Å². The van der Waals surface area contributed by atoms with Crippen molar-refractivity contribution in [2.45, 2.75) is 12.8 Å². The standard InChI is InChI=1S/C19H20ClN3O2.ClH/c20-15-9-7-13(8-10-15)19(25)23-11-3-4-14(12-23)18(24)22-17-6-2-1-5-16(17)21;/h1-2,5-10,14H,3-4,11-12,21H2,(H,22,24);1H. The predicted molar refractivity (Wildman–Crippen MR) is 107 cm³/mol. The molecule has 138 valence electrons. The van der Waals surface area contributed by atoms with Crippen LogP contribution in [0, 0.1) is 5.92 Å². The van der Waals surface area contributed by atoms with E-state index in [9.17, 15) is 9.59 Å². The van der Waals surface area contributed by atoms with E-state index in [1.165, 1.54) is 0 Å². The van der Waals surface area contributed by atoms with Crippen molar-refractivity contribution in [1.82, 2.24) is 4.90 Å². The summed E-state index contributed by atoms with van der Waals surface area (Å²) >= 11 is 5.87. The minimum Gasteiger partial charge on any atom is -0.397 e. The molecule has 0 saturated carbocycles. The van der Waals surface area contributed by atoms with E-state index < -0.39 is 0 Å². The fourth-order valence-corrected chi connectivity index (χ4v) is 3.12. The lowest BCUT2D eigenvalue weighted by Gasteiger charge is -2.32. The molecule has 0 radical (unpaired) electrons. The number of halogens is 2. The number of rotatable bonds is 3. The normalized spacial score (nSPS) is 16.5. The maximum Gasteiger partial charge on any atom is 0.253 e. The topological polar surface area (TPSA) is 75.4 Å². The zero-order valence-corrected chi connectivity index (χ0v) is 15.7. The molecule has 0 aliphatic carbocycles. The van der Waals surface area contributed by atoms with Gasteiger partial charge in [-0.2, -0.15) is 0 Å². The number of hydrogen-bond acceptors (Lipinski definition) is 3. The van der Waals surface area contributed by atoms with Crippen molar-refractivity contribution in [2.24, 2.45) is 5.92 Å². The van der Waals surface area contributed by atoms with Crippen LogP contribution in [-0.4, -0.2) is 29.8 Å². The lowest BCUT2D eigenvalue weighted by molar-refractivity contribution is -0.121. The van der Waals surface area contributed by atoms with Crippen LogP contribution in [0.15, 0.2) is 48.5 Å². The van der Waals surface area contributed by atoms with Gasteiger partial charge in [0.25, 0.3) is 5.91 Å². The van der Waals surface area contributed by atoms with E-state index in [1.54, 1.807) is 41.3 Å². The molecule has 26 heavy (non-hydrogen) atoms. The van der Waals surface area contributed by atoms with Gasteiger partial charge < -0.3 is 16.0 Å². The Kier molecular flexibility index (Phi) is 6.89. The molecule has 0 spiro atoms. The van der Waals surface area contributed by atoms with Gasteiger partial charge in [-0.3, -0.25) is 9.59 Å². The van der Waals surface area contributed by atoms with Gasteiger partial charge in [0, 0.05) is 23.7 Å². The minimum absolute atomic E-state index is 0. The van der Waals surface area contributed by atoms with Crippen molar-refractivity contribution < 1.29 is 9.59 Å². The molecule has 3 rings (SSSR count). The second-order valence-corrected chi connectivity index (χ2v) is 6.61. The molecule has 1 saturated heterocycles. The smallest absolute Gasteiger partial charge is 0.253 e. The summed E-state index contributed by atoms with van der Waals surface area (Å²) in [7, 11) is 0. The molecule has 1 unspecified atom stereocenters. The van der Waals surface area contributed by atoms with Crippen LogP contribution in [0.3, 0.4) is 0 Å². The highest BCUT2D eigenvalue weighted by Crippen LogP contribution is 2.23. The number of piperidine rings is 1. The Morgan fingerprint density at radius 3 is 2.50 bits per heavy atom. The highest BCUT2D eigenvalue weighted by Gasteiger charge is 2.29. The molecule has 1 heterocycles. The van der Waals surface area contributed by atoms with Crippen LogP contribution in [0.4, 0.5) is 11.4 Å². The highest BCUT2D eigenvalue weighted by molar-refractivity contribution is 6.30. The molecule has 1 fully saturated rings. The molecule has 1 aliphatic rings. The molecule has 3 N–H and O–H groups in total. The monoisotopic (exact) mass is 393 g/mol. The van der Waals surface area contributed by atoms with Crippen LogP contribution in [0.2, 0.25) is 5.02 Å². The lowest BCUT2D eigenvalue weighted by Crippen LogP contribution is -2.43. The highest BCUT2D eigenvalue weighted by atomic mass is 35.5. The van der Waals surface area contributed by atoms with Crippen LogP contribution in [0.25, 0.3) is 0 Å². The molecular formula is C19H21Cl2N3O2. The number of hydrogen-bond donors (Lipinski definition) is 2. The van der Waals surface area contributed by atoms with Gasteiger partial charge in [0.1, 0.15) is 0 Å². The van der Waals surface area contributed by atoms with Gasteiger partial charge in [0.05, 0.1) is 17.3 Å². The molecule has 2 amide bonds. The van der Waals surface area contributed by atoms with E-state index in [0.29, 0.717) is 35.1 Å².